The Hall–Kier alpha value is -0.780. The Labute approximate surface area is 93.8 Å². The molecule has 0 bridgehead atoms. The maximum Gasteiger partial charge on any atom is -0.00732 e. The van der Waals surface area contributed by atoms with Gasteiger partial charge in [-0.05, 0) is 51.4 Å². The molecule has 0 saturated carbocycles. The fourth-order valence-electron chi connectivity index (χ4n) is 2.92. The third-order valence-electron chi connectivity index (χ3n) is 3.97. The van der Waals surface area contributed by atoms with Gasteiger partial charge in [-0.3, -0.25) is 0 Å². The fraction of sp³-hybridized carbons (Fsp3) is 0.600. The second kappa shape index (κ2) is 4.00. The van der Waals surface area contributed by atoms with Gasteiger partial charge < -0.3 is 0 Å². The highest BCUT2D eigenvalue weighted by molar-refractivity contribution is 5.28. The van der Waals surface area contributed by atoms with E-state index >= 15 is 0 Å². The van der Waals surface area contributed by atoms with Crippen LogP contribution in [0.2, 0.25) is 0 Å². The quantitative estimate of drug-likeness (QED) is 0.536. The third kappa shape index (κ3) is 2.25. The second-order valence-corrected chi connectivity index (χ2v) is 5.51. The lowest BCUT2D eigenvalue weighted by Gasteiger charge is -2.36. The van der Waals surface area contributed by atoms with Crippen molar-refractivity contribution in [1.29, 1.82) is 0 Å². The van der Waals surface area contributed by atoms with Crippen molar-refractivity contribution >= 4 is 0 Å². The smallest absolute Gasteiger partial charge is 0.00732 e. The molecular formula is C15H22. The highest BCUT2D eigenvalue weighted by atomic mass is 14.3. The van der Waals surface area contributed by atoms with Gasteiger partial charge in [0, 0.05) is 0 Å². The number of hydrogen-bond acceptors (Lipinski definition) is 0. The molecule has 15 heavy (non-hydrogen) atoms. The summed E-state index contributed by atoms with van der Waals surface area (Å²) in [6.07, 6.45) is 13.5. The van der Waals surface area contributed by atoms with E-state index < -0.39 is 0 Å². The largest absolute Gasteiger partial charge is 0.0855 e. The molecule has 2 rings (SSSR count). The van der Waals surface area contributed by atoms with Gasteiger partial charge in [0.15, 0.2) is 0 Å². The van der Waals surface area contributed by atoms with Crippen molar-refractivity contribution in [3.05, 3.63) is 34.9 Å². The van der Waals surface area contributed by atoms with Crippen LogP contribution in [0.5, 0.6) is 0 Å². The summed E-state index contributed by atoms with van der Waals surface area (Å²) < 4.78 is 0. The first-order chi connectivity index (χ1) is 7.10. The Balaban J connectivity index is 2.14. The molecule has 0 aromatic rings. The van der Waals surface area contributed by atoms with Crippen LogP contribution in [0.4, 0.5) is 0 Å². The molecule has 0 N–H and O–H groups in total. The van der Waals surface area contributed by atoms with Gasteiger partial charge in [-0.15, -0.1) is 0 Å². The fourth-order valence-corrected chi connectivity index (χ4v) is 2.92. The van der Waals surface area contributed by atoms with E-state index in [9.17, 15) is 0 Å². The average molecular weight is 202 g/mol. The first-order valence-corrected chi connectivity index (χ1v) is 6.11. The second-order valence-electron chi connectivity index (χ2n) is 5.51. The molecule has 0 spiro atoms. The Morgan fingerprint density at radius 1 is 1.00 bits per heavy atom. The lowest BCUT2D eigenvalue weighted by molar-refractivity contribution is 0.341. The van der Waals surface area contributed by atoms with E-state index in [4.69, 9.17) is 0 Å². The zero-order chi connectivity index (χ0) is 10.9. The summed E-state index contributed by atoms with van der Waals surface area (Å²) in [6.45, 7) is 6.97. The molecule has 0 aliphatic heterocycles. The van der Waals surface area contributed by atoms with Crippen LogP contribution in [-0.2, 0) is 0 Å². The Morgan fingerprint density at radius 3 is 2.40 bits per heavy atom. The molecule has 0 fully saturated rings. The Kier molecular flexibility index (Phi) is 2.86. The molecular weight excluding hydrogens is 180 g/mol. The molecule has 2 aliphatic carbocycles. The first-order valence-electron chi connectivity index (χ1n) is 6.11. The van der Waals surface area contributed by atoms with Gasteiger partial charge >= 0.3 is 0 Å². The highest BCUT2D eigenvalue weighted by Gasteiger charge is 2.30. The molecule has 0 amide bonds. The van der Waals surface area contributed by atoms with Crippen molar-refractivity contribution in [1.82, 2.24) is 0 Å². The van der Waals surface area contributed by atoms with E-state index in [2.05, 4.69) is 39.0 Å². The van der Waals surface area contributed by atoms with Crippen molar-refractivity contribution in [3.8, 4) is 0 Å². The minimum absolute atomic E-state index is 0.454. The van der Waals surface area contributed by atoms with Gasteiger partial charge in [0.25, 0.3) is 0 Å². The number of hydrogen-bond donors (Lipinski definition) is 0. The molecule has 0 nitrogen and oxygen atoms in total. The van der Waals surface area contributed by atoms with Crippen LogP contribution < -0.4 is 0 Å². The Morgan fingerprint density at radius 2 is 1.80 bits per heavy atom. The van der Waals surface area contributed by atoms with E-state index in [-0.39, 0.29) is 0 Å². The SMILES string of the molecule is CC1=CCC(C2(C)CCC=C(C)C2)=CC1. The minimum Gasteiger partial charge on any atom is -0.0855 e. The topological polar surface area (TPSA) is 0 Å². The van der Waals surface area contributed by atoms with Gasteiger partial charge in [0.1, 0.15) is 0 Å². The molecule has 82 valence electrons. The van der Waals surface area contributed by atoms with E-state index in [1.54, 1.807) is 11.1 Å². The summed E-state index contributed by atoms with van der Waals surface area (Å²) in [5, 5.41) is 0. The van der Waals surface area contributed by atoms with E-state index in [0.717, 1.165) is 0 Å². The maximum atomic E-state index is 2.48. The third-order valence-corrected chi connectivity index (χ3v) is 3.97. The van der Waals surface area contributed by atoms with Crippen molar-refractivity contribution < 1.29 is 0 Å². The van der Waals surface area contributed by atoms with Gasteiger partial charge in [0.2, 0.25) is 0 Å². The summed E-state index contributed by atoms with van der Waals surface area (Å²) in [7, 11) is 0. The molecule has 0 saturated heterocycles. The van der Waals surface area contributed by atoms with Crippen molar-refractivity contribution in [2.75, 3.05) is 0 Å². The number of rotatable bonds is 1. The summed E-state index contributed by atoms with van der Waals surface area (Å²) in [5.41, 5.74) is 5.25. The van der Waals surface area contributed by atoms with Crippen LogP contribution in [0.25, 0.3) is 0 Å². The maximum absolute atomic E-state index is 2.48. The van der Waals surface area contributed by atoms with Crippen molar-refractivity contribution in [3.63, 3.8) is 0 Å². The lowest BCUT2D eigenvalue weighted by atomic mass is 9.68. The number of allylic oxidation sites excluding steroid dienone is 6. The zero-order valence-electron chi connectivity index (χ0n) is 10.3. The zero-order valence-corrected chi connectivity index (χ0v) is 10.3. The summed E-state index contributed by atoms with van der Waals surface area (Å²) in [5.74, 6) is 0. The Bertz CT molecular complexity index is 341. The molecule has 2 aliphatic rings. The molecule has 0 heteroatoms. The lowest BCUT2D eigenvalue weighted by Crippen LogP contribution is -2.23. The molecule has 1 unspecified atom stereocenters. The van der Waals surface area contributed by atoms with Crippen molar-refractivity contribution in [2.24, 2.45) is 5.41 Å². The molecule has 1 atom stereocenters. The molecule has 0 aromatic carbocycles. The minimum atomic E-state index is 0.454. The normalized spacial score (nSPS) is 31.8. The molecule has 0 radical (unpaired) electrons. The predicted octanol–water partition coefficient (Wildman–Crippen LogP) is 4.79. The predicted molar refractivity (Wildman–Crippen MR) is 66.8 cm³/mol. The average Bonchev–Trinajstić information content (AvgIpc) is 2.18. The molecule has 0 heterocycles. The summed E-state index contributed by atoms with van der Waals surface area (Å²) >= 11 is 0. The van der Waals surface area contributed by atoms with E-state index in [1.807, 2.05) is 0 Å². The van der Waals surface area contributed by atoms with E-state index in [1.165, 1.54) is 37.7 Å². The van der Waals surface area contributed by atoms with Crippen LogP contribution in [0.3, 0.4) is 0 Å². The van der Waals surface area contributed by atoms with Crippen LogP contribution in [0.15, 0.2) is 34.9 Å². The highest BCUT2D eigenvalue weighted by Crippen LogP contribution is 2.44. The van der Waals surface area contributed by atoms with Gasteiger partial charge in [0.05, 0.1) is 0 Å². The monoisotopic (exact) mass is 202 g/mol. The standard InChI is InChI=1S/C15H22/c1-12-6-8-14(9-7-12)15(3)10-4-5-13(2)11-15/h5-6,9H,4,7-8,10-11H2,1-3H3. The van der Waals surface area contributed by atoms with Gasteiger partial charge in [-0.25, -0.2) is 0 Å². The summed E-state index contributed by atoms with van der Waals surface area (Å²) in [6, 6.07) is 0. The van der Waals surface area contributed by atoms with Crippen LogP contribution in [0.1, 0.15) is 52.9 Å². The van der Waals surface area contributed by atoms with Gasteiger partial charge in [-0.1, -0.05) is 41.9 Å². The van der Waals surface area contributed by atoms with Crippen LogP contribution in [-0.4, -0.2) is 0 Å². The summed E-state index contributed by atoms with van der Waals surface area (Å²) in [4.78, 5) is 0. The van der Waals surface area contributed by atoms with Gasteiger partial charge in [-0.2, -0.15) is 0 Å². The van der Waals surface area contributed by atoms with Crippen LogP contribution >= 0.6 is 0 Å². The van der Waals surface area contributed by atoms with E-state index in [0.29, 0.717) is 5.41 Å². The van der Waals surface area contributed by atoms with Crippen molar-refractivity contribution in [2.45, 2.75) is 52.9 Å². The van der Waals surface area contributed by atoms with Crippen LogP contribution in [0, 0.1) is 5.41 Å². The first kappa shape index (κ1) is 10.7. The molecule has 0 aromatic heterocycles.